The van der Waals surface area contributed by atoms with Gasteiger partial charge in [0.2, 0.25) is 0 Å². The molecule has 1 aromatic carbocycles. The molecular formula is C14H19NO2. The Hall–Kier alpha value is -1.35. The second kappa shape index (κ2) is 4.88. The first-order chi connectivity index (χ1) is 8.11. The summed E-state index contributed by atoms with van der Waals surface area (Å²) in [5.41, 5.74) is 2.01. The van der Waals surface area contributed by atoms with Gasteiger partial charge in [-0.25, -0.2) is 0 Å². The Bertz CT molecular complexity index is 426. The highest BCUT2D eigenvalue weighted by Gasteiger charge is 2.27. The van der Waals surface area contributed by atoms with E-state index in [9.17, 15) is 4.79 Å². The van der Waals surface area contributed by atoms with E-state index in [0.717, 1.165) is 36.3 Å². The maximum absolute atomic E-state index is 12.3. The van der Waals surface area contributed by atoms with E-state index >= 15 is 0 Å². The van der Waals surface area contributed by atoms with Crippen molar-refractivity contribution in [3.8, 4) is 5.75 Å². The van der Waals surface area contributed by atoms with Crippen LogP contribution in [-0.4, -0.2) is 38.4 Å². The monoisotopic (exact) mass is 233 g/mol. The van der Waals surface area contributed by atoms with Crippen LogP contribution in [0.2, 0.25) is 0 Å². The Morgan fingerprint density at radius 3 is 2.82 bits per heavy atom. The molecular weight excluding hydrogens is 214 g/mol. The van der Waals surface area contributed by atoms with E-state index < -0.39 is 0 Å². The van der Waals surface area contributed by atoms with Gasteiger partial charge in [0, 0.05) is 18.0 Å². The van der Waals surface area contributed by atoms with Crippen LogP contribution in [0.3, 0.4) is 0 Å². The molecule has 0 radical (unpaired) electrons. The van der Waals surface area contributed by atoms with Crippen LogP contribution in [0.25, 0.3) is 0 Å². The minimum absolute atomic E-state index is 0.144. The zero-order valence-corrected chi connectivity index (χ0v) is 10.7. The molecule has 0 N–H and O–H groups in total. The molecule has 0 saturated heterocycles. The van der Waals surface area contributed by atoms with Crippen LogP contribution in [0.5, 0.6) is 5.75 Å². The van der Waals surface area contributed by atoms with Gasteiger partial charge in [-0.05, 0) is 50.7 Å². The maximum Gasteiger partial charge on any atom is 0.167 e. The van der Waals surface area contributed by atoms with Crippen molar-refractivity contribution in [1.29, 1.82) is 0 Å². The summed E-state index contributed by atoms with van der Waals surface area (Å²) in [6.07, 6.45) is 1.91. The molecule has 1 aromatic rings. The Labute approximate surface area is 102 Å². The molecule has 0 saturated carbocycles. The lowest BCUT2D eigenvalue weighted by Crippen LogP contribution is -2.31. The van der Waals surface area contributed by atoms with Gasteiger partial charge in [0.05, 0.1) is 7.11 Å². The molecule has 0 amide bonds. The lowest BCUT2D eigenvalue weighted by atomic mass is 9.82. The van der Waals surface area contributed by atoms with E-state index in [-0.39, 0.29) is 11.7 Å². The predicted octanol–water partition coefficient (Wildman–Crippen LogP) is 2.00. The number of aryl methyl sites for hydroxylation is 1. The third-order valence-electron chi connectivity index (χ3n) is 3.30. The molecule has 1 aliphatic rings. The number of methoxy groups -OCH3 is 1. The summed E-state index contributed by atoms with van der Waals surface area (Å²) in [6.45, 7) is 0.838. The van der Waals surface area contributed by atoms with Crippen molar-refractivity contribution in [2.75, 3.05) is 27.7 Å². The van der Waals surface area contributed by atoms with Crippen LogP contribution >= 0.6 is 0 Å². The zero-order valence-electron chi connectivity index (χ0n) is 10.7. The first-order valence-electron chi connectivity index (χ1n) is 5.97. The molecule has 0 spiro atoms. The summed E-state index contributed by atoms with van der Waals surface area (Å²) < 4.78 is 5.19. The van der Waals surface area contributed by atoms with Crippen LogP contribution in [-0.2, 0) is 6.42 Å². The van der Waals surface area contributed by atoms with Crippen molar-refractivity contribution in [3.05, 3.63) is 29.3 Å². The molecule has 3 nitrogen and oxygen atoms in total. The highest BCUT2D eigenvalue weighted by molar-refractivity contribution is 6.00. The molecule has 2 rings (SSSR count). The van der Waals surface area contributed by atoms with Crippen LogP contribution in [0.4, 0.5) is 0 Å². The van der Waals surface area contributed by atoms with Crippen molar-refractivity contribution in [3.63, 3.8) is 0 Å². The molecule has 0 bridgehead atoms. The lowest BCUT2D eigenvalue weighted by Gasteiger charge is -2.25. The van der Waals surface area contributed by atoms with Crippen molar-refractivity contribution in [2.45, 2.75) is 12.8 Å². The zero-order chi connectivity index (χ0) is 12.4. The molecule has 0 fully saturated rings. The third kappa shape index (κ3) is 2.50. The van der Waals surface area contributed by atoms with Gasteiger partial charge in [-0.15, -0.1) is 0 Å². The second-order valence-corrected chi connectivity index (χ2v) is 4.89. The minimum Gasteiger partial charge on any atom is -0.497 e. The summed E-state index contributed by atoms with van der Waals surface area (Å²) in [6, 6.07) is 5.76. The molecule has 1 unspecified atom stereocenters. The quantitative estimate of drug-likeness (QED) is 0.799. The van der Waals surface area contributed by atoms with E-state index in [4.69, 9.17) is 4.74 Å². The highest BCUT2D eigenvalue weighted by atomic mass is 16.5. The number of hydrogen-bond donors (Lipinski definition) is 0. The van der Waals surface area contributed by atoms with E-state index in [0.29, 0.717) is 0 Å². The van der Waals surface area contributed by atoms with Crippen molar-refractivity contribution in [2.24, 2.45) is 5.92 Å². The van der Waals surface area contributed by atoms with E-state index in [1.165, 1.54) is 0 Å². The van der Waals surface area contributed by atoms with Crippen LogP contribution < -0.4 is 4.74 Å². The van der Waals surface area contributed by atoms with E-state index in [1.807, 2.05) is 32.3 Å². The fourth-order valence-electron chi connectivity index (χ4n) is 2.44. The number of carbonyl (C=O) groups is 1. The second-order valence-electron chi connectivity index (χ2n) is 4.89. The molecule has 0 aliphatic heterocycles. The Morgan fingerprint density at radius 2 is 2.18 bits per heavy atom. The summed E-state index contributed by atoms with van der Waals surface area (Å²) in [4.78, 5) is 14.4. The number of nitrogens with zero attached hydrogens (tertiary/aromatic N) is 1. The predicted molar refractivity (Wildman–Crippen MR) is 67.7 cm³/mol. The largest absolute Gasteiger partial charge is 0.497 e. The van der Waals surface area contributed by atoms with Crippen molar-refractivity contribution in [1.82, 2.24) is 4.90 Å². The van der Waals surface area contributed by atoms with Gasteiger partial charge in [0.25, 0.3) is 0 Å². The van der Waals surface area contributed by atoms with Crippen LogP contribution in [0, 0.1) is 5.92 Å². The smallest absolute Gasteiger partial charge is 0.167 e. The first-order valence-corrected chi connectivity index (χ1v) is 5.97. The van der Waals surface area contributed by atoms with Gasteiger partial charge >= 0.3 is 0 Å². The van der Waals surface area contributed by atoms with Gasteiger partial charge in [-0.2, -0.15) is 0 Å². The Kier molecular flexibility index (Phi) is 3.48. The van der Waals surface area contributed by atoms with Gasteiger partial charge in [-0.3, -0.25) is 4.79 Å². The van der Waals surface area contributed by atoms with Gasteiger partial charge in [-0.1, -0.05) is 0 Å². The number of fused-ring (bicyclic) bond motifs is 1. The number of ketones is 1. The number of benzene rings is 1. The standard InChI is InChI=1S/C14H19NO2/c1-15(2)9-11-5-4-10-8-12(17-3)6-7-13(10)14(11)16/h6-8,11H,4-5,9H2,1-3H3. The molecule has 92 valence electrons. The normalized spacial score (nSPS) is 19.3. The van der Waals surface area contributed by atoms with Gasteiger partial charge in [0.1, 0.15) is 5.75 Å². The van der Waals surface area contributed by atoms with Crippen LogP contribution in [0.1, 0.15) is 22.3 Å². The van der Waals surface area contributed by atoms with Crippen LogP contribution in [0.15, 0.2) is 18.2 Å². The average Bonchev–Trinajstić information content (AvgIpc) is 2.32. The lowest BCUT2D eigenvalue weighted by molar-refractivity contribution is 0.0877. The number of carbonyl (C=O) groups excluding carboxylic acids is 1. The van der Waals surface area contributed by atoms with E-state index in [1.54, 1.807) is 7.11 Å². The summed E-state index contributed by atoms with van der Waals surface area (Å²) in [7, 11) is 5.68. The van der Waals surface area contributed by atoms with Crippen molar-refractivity contribution >= 4 is 5.78 Å². The topological polar surface area (TPSA) is 29.5 Å². The van der Waals surface area contributed by atoms with Crippen molar-refractivity contribution < 1.29 is 9.53 Å². The molecule has 0 heterocycles. The molecule has 17 heavy (non-hydrogen) atoms. The summed E-state index contributed by atoms with van der Waals surface area (Å²) in [5, 5.41) is 0. The number of hydrogen-bond acceptors (Lipinski definition) is 3. The number of Topliss-reactive ketones (excluding diaryl/α,β-unsaturated/α-hetero) is 1. The Morgan fingerprint density at radius 1 is 1.41 bits per heavy atom. The van der Waals surface area contributed by atoms with Gasteiger partial charge in [0.15, 0.2) is 5.78 Å². The summed E-state index contributed by atoms with van der Waals surface area (Å²) >= 11 is 0. The molecule has 0 aromatic heterocycles. The molecule has 1 atom stereocenters. The summed E-state index contributed by atoms with van der Waals surface area (Å²) in [5.74, 6) is 1.26. The Balaban J connectivity index is 2.24. The number of rotatable bonds is 3. The molecule has 1 aliphatic carbocycles. The average molecular weight is 233 g/mol. The maximum atomic E-state index is 12.3. The first kappa shape index (κ1) is 12.1. The fraction of sp³-hybridized carbons (Fsp3) is 0.500. The highest BCUT2D eigenvalue weighted by Crippen LogP contribution is 2.28. The van der Waals surface area contributed by atoms with Gasteiger partial charge < -0.3 is 9.64 Å². The SMILES string of the molecule is COc1ccc2c(c1)CCC(CN(C)C)C2=O. The fourth-order valence-corrected chi connectivity index (χ4v) is 2.44. The minimum atomic E-state index is 0.144. The molecule has 3 heteroatoms. The third-order valence-corrected chi connectivity index (χ3v) is 3.30. The number of ether oxygens (including phenoxy) is 1. The van der Waals surface area contributed by atoms with E-state index in [2.05, 4.69) is 4.90 Å².